The van der Waals surface area contributed by atoms with Crippen LogP contribution in [0, 0.1) is 5.92 Å². The minimum atomic E-state index is -3.18. The van der Waals surface area contributed by atoms with Gasteiger partial charge in [0.15, 0.2) is 0 Å². The highest BCUT2D eigenvalue weighted by Gasteiger charge is 2.38. The Morgan fingerprint density at radius 1 is 1.11 bits per heavy atom. The normalized spacial score (nSPS) is 21.7. The van der Waals surface area contributed by atoms with Gasteiger partial charge in [-0.25, -0.2) is 12.7 Å². The first-order valence-corrected chi connectivity index (χ1v) is 11.5. The molecule has 7 nitrogen and oxygen atoms in total. The molecule has 0 aromatic heterocycles. The maximum atomic E-state index is 13.2. The van der Waals surface area contributed by atoms with Gasteiger partial charge in [0.2, 0.25) is 15.9 Å². The van der Waals surface area contributed by atoms with Crippen LogP contribution in [-0.4, -0.2) is 63.1 Å². The lowest BCUT2D eigenvalue weighted by Crippen LogP contribution is -2.44. The number of likely N-dealkylation sites (tertiary alicyclic amines) is 1. The molecule has 28 heavy (non-hydrogen) atoms. The van der Waals surface area contributed by atoms with Gasteiger partial charge in [-0.2, -0.15) is 0 Å². The number of nitrogens with zero attached hydrogens (tertiary/aromatic N) is 2. The molecule has 0 bridgehead atoms. The average Bonchev–Trinajstić information content (AvgIpc) is 3.22. The van der Waals surface area contributed by atoms with E-state index in [1.165, 1.54) is 4.31 Å². The summed E-state index contributed by atoms with van der Waals surface area (Å²) in [4.78, 5) is 15.2. The number of carbonyl (C=O) groups excluding carboxylic acids is 1. The summed E-state index contributed by atoms with van der Waals surface area (Å²) in [6.45, 7) is 3.22. The van der Waals surface area contributed by atoms with Crippen LogP contribution in [0.3, 0.4) is 0 Å². The third-order valence-electron chi connectivity index (χ3n) is 5.89. The van der Waals surface area contributed by atoms with Crippen molar-refractivity contribution in [3.8, 4) is 11.5 Å². The summed E-state index contributed by atoms with van der Waals surface area (Å²) in [5.74, 6) is 1.61. The van der Waals surface area contributed by atoms with Crippen LogP contribution in [0.15, 0.2) is 18.2 Å². The second-order valence-electron chi connectivity index (χ2n) is 7.37. The fraction of sp³-hybridized carbons (Fsp3) is 0.650. The quantitative estimate of drug-likeness (QED) is 0.720. The molecular formula is C20H30N2O5S. The van der Waals surface area contributed by atoms with Crippen molar-refractivity contribution in [3.05, 3.63) is 23.8 Å². The van der Waals surface area contributed by atoms with Gasteiger partial charge in [-0.3, -0.25) is 4.79 Å². The molecule has 2 aliphatic heterocycles. The van der Waals surface area contributed by atoms with Crippen LogP contribution < -0.4 is 9.47 Å². The van der Waals surface area contributed by atoms with Gasteiger partial charge in [-0.15, -0.1) is 0 Å². The third kappa shape index (κ3) is 4.12. The summed E-state index contributed by atoms with van der Waals surface area (Å²) in [5.41, 5.74) is 0.971. The van der Waals surface area contributed by atoms with E-state index < -0.39 is 10.0 Å². The fourth-order valence-corrected chi connectivity index (χ4v) is 5.38. The number of hydrogen-bond acceptors (Lipinski definition) is 5. The smallest absolute Gasteiger partial charge is 0.226 e. The van der Waals surface area contributed by atoms with Crippen molar-refractivity contribution in [2.24, 2.45) is 5.92 Å². The van der Waals surface area contributed by atoms with E-state index in [1.807, 2.05) is 23.1 Å². The molecule has 1 amide bonds. The van der Waals surface area contributed by atoms with E-state index in [9.17, 15) is 13.2 Å². The zero-order valence-electron chi connectivity index (χ0n) is 16.9. The average molecular weight is 411 g/mol. The number of carbonyl (C=O) groups is 1. The first-order chi connectivity index (χ1) is 13.4. The SMILES string of the molecule is CCS(=O)(=O)N1CCC(C(=O)N2CCCC2c2cc(OC)ccc2OC)CC1. The van der Waals surface area contributed by atoms with Gasteiger partial charge in [-0.1, -0.05) is 0 Å². The van der Waals surface area contributed by atoms with Crippen LogP contribution in [0.4, 0.5) is 0 Å². The Balaban J connectivity index is 1.74. The van der Waals surface area contributed by atoms with Crippen molar-refractivity contribution in [3.63, 3.8) is 0 Å². The number of hydrogen-bond donors (Lipinski definition) is 0. The molecule has 1 atom stereocenters. The highest BCUT2D eigenvalue weighted by atomic mass is 32.2. The molecule has 1 unspecified atom stereocenters. The van der Waals surface area contributed by atoms with Gasteiger partial charge in [-0.05, 0) is 50.8 Å². The molecule has 0 radical (unpaired) electrons. The lowest BCUT2D eigenvalue weighted by molar-refractivity contribution is -0.137. The molecular weight excluding hydrogens is 380 g/mol. The maximum Gasteiger partial charge on any atom is 0.226 e. The Labute approximate surface area is 167 Å². The molecule has 1 aromatic carbocycles. The van der Waals surface area contributed by atoms with E-state index in [-0.39, 0.29) is 23.6 Å². The molecule has 1 aromatic rings. The minimum absolute atomic E-state index is 0.0324. The molecule has 0 N–H and O–H groups in total. The van der Waals surface area contributed by atoms with E-state index in [4.69, 9.17) is 9.47 Å². The van der Waals surface area contributed by atoms with Crippen LogP contribution in [0.5, 0.6) is 11.5 Å². The van der Waals surface area contributed by atoms with Crippen LogP contribution in [-0.2, 0) is 14.8 Å². The second kappa shape index (κ2) is 8.69. The van der Waals surface area contributed by atoms with Crippen molar-refractivity contribution < 1.29 is 22.7 Å². The van der Waals surface area contributed by atoms with E-state index in [0.717, 1.165) is 36.4 Å². The summed E-state index contributed by atoms with van der Waals surface area (Å²) < 4.78 is 36.5. The standard InChI is InChI=1S/C20H30N2O5S/c1-4-28(24,25)21-12-9-15(10-13-21)20(23)22-11-5-6-18(22)17-14-16(26-2)7-8-19(17)27-3/h7-8,14-15,18H,4-6,9-13H2,1-3H3. The van der Waals surface area contributed by atoms with Crippen molar-refractivity contribution in [1.82, 2.24) is 9.21 Å². The molecule has 0 saturated carbocycles. The summed E-state index contributed by atoms with van der Waals surface area (Å²) in [6.07, 6.45) is 2.99. The fourth-order valence-electron chi connectivity index (χ4n) is 4.25. The Morgan fingerprint density at radius 3 is 2.43 bits per heavy atom. The first-order valence-electron chi connectivity index (χ1n) is 9.91. The monoisotopic (exact) mass is 410 g/mol. The first kappa shape index (κ1) is 20.9. The second-order valence-corrected chi connectivity index (χ2v) is 9.63. The van der Waals surface area contributed by atoms with E-state index in [2.05, 4.69) is 0 Å². The minimum Gasteiger partial charge on any atom is -0.497 e. The van der Waals surface area contributed by atoms with Crippen molar-refractivity contribution in [1.29, 1.82) is 0 Å². The largest absolute Gasteiger partial charge is 0.497 e. The molecule has 2 fully saturated rings. The van der Waals surface area contributed by atoms with Crippen LogP contribution in [0.1, 0.15) is 44.2 Å². The molecule has 0 aliphatic carbocycles. The Kier molecular flexibility index (Phi) is 6.50. The highest BCUT2D eigenvalue weighted by Crippen LogP contribution is 2.40. The highest BCUT2D eigenvalue weighted by molar-refractivity contribution is 7.89. The molecule has 2 aliphatic rings. The zero-order chi connectivity index (χ0) is 20.3. The van der Waals surface area contributed by atoms with Crippen molar-refractivity contribution >= 4 is 15.9 Å². The van der Waals surface area contributed by atoms with Crippen molar-refractivity contribution in [2.75, 3.05) is 39.6 Å². The predicted octanol–water partition coefficient (Wildman–Crippen LogP) is 2.43. The Morgan fingerprint density at radius 2 is 1.82 bits per heavy atom. The van der Waals surface area contributed by atoms with Gasteiger partial charge in [0.05, 0.1) is 26.0 Å². The summed E-state index contributed by atoms with van der Waals surface area (Å²) in [5, 5.41) is 0. The maximum absolute atomic E-state index is 13.2. The molecule has 2 heterocycles. The molecule has 3 rings (SSSR count). The topological polar surface area (TPSA) is 76.2 Å². The van der Waals surface area contributed by atoms with Gasteiger partial charge in [0.25, 0.3) is 0 Å². The number of methoxy groups -OCH3 is 2. The van der Waals surface area contributed by atoms with Crippen LogP contribution in [0.2, 0.25) is 0 Å². The molecule has 0 spiro atoms. The van der Waals surface area contributed by atoms with Gasteiger partial charge >= 0.3 is 0 Å². The van der Waals surface area contributed by atoms with Gasteiger partial charge < -0.3 is 14.4 Å². The Hall–Kier alpha value is -1.80. The number of ether oxygens (including phenoxy) is 2. The number of piperidine rings is 1. The zero-order valence-corrected chi connectivity index (χ0v) is 17.7. The van der Waals surface area contributed by atoms with Crippen molar-refractivity contribution in [2.45, 2.75) is 38.6 Å². The lowest BCUT2D eigenvalue weighted by atomic mass is 9.95. The predicted molar refractivity (Wildman–Crippen MR) is 107 cm³/mol. The molecule has 156 valence electrons. The lowest BCUT2D eigenvalue weighted by Gasteiger charge is -2.34. The van der Waals surface area contributed by atoms with Gasteiger partial charge in [0.1, 0.15) is 11.5 Å². The summed E-state index contributed by atoms with van der Waals surface area (Å²) >= 11 is 0. The van der Waals surface area contributed by atoms with Crippen LogP contribution >= 0.6 is 0 Å². The number of rotatable bonds is 6. The molecule has 2 saturated heterocycles. The summed E-state index contributed by atoms with van der Waals surface area (Å²) in [7, 11) is 0.0797. The number of amides is 1. The van der Waals surface area contributed by atoms with Gasteiger partial charge in [0, 0.05) is 31.1 Å². The summed E-state index contributed by atoms with van der Waals surface area (Å²) in [6, 6.07) is 5.65. The number of sulfonamides is 1. The Bertz CT molecular complexity index is 803. The molecule has 8 heteroatoms. The number of benzene rings is 1. The third-order valence-corrected chi connectivity index (χ3v) is 7.77. The van der Waals surface area contributed by atoms with E-state index >= 15 is 0 Å². The van der Waals surface area contributed by atoms with Crippen LogP contribution in [0.25, 0.3) is 0 Å². The van der Waals surface area contributed by atoms with E-state index in [0.29, 0.717) is 25.9 Å². The van der Waals surface area contributed by atoms with E-state index in [1.54, 1.807) is 21.1 Å².